The lowest BCUT2D eigenvalue weighted by atomic mass is 9.95. The van der Waals surface area contributed by atoms with E-state index < -0.39 is 6.04 Å². The Hall–Kier alpha value is -3.00. The van der Waals surface area contributed by atoms with Crippen molar-refractivity contribution in [2.45, 2.75) is 32.7 Å². The van der Waals surface area contributed by atoms with E-state index >= 15 is 0 Å². The third kappa shape index (κ3) is 6.00. The number of piperidine rings is 1. The number of nitrogens with zero attached hydrogens (tertiary/aromatic N) is 2. The van der Waals surface area contributed by atoms with Crippen molar-refractivity contribution in [2.75, 3.05) is 18.4 Å². The molecule has 1 aliphatic heterocycles. The van der Waals surface area contributed by atoms with E-state index in [1.807, 2.05) is 42.6 Å². The molecule has 0 aliphatic carbocycles. The highest BCUT2D eigenvalue weighted by atomic mass is 32.1. The lowest BCUT2D eigenvalue weighted by Gasteiger charge is -2.33. The Labute approximate surface area is 180 Å². The van der Waals surface area contributed by atoms with Crippen molar-refractivity contribution in [2.24, 2.45) is 5.92 Å². The van der Waals surface area contributed by atoms with Crippen LogP contribution in [0.25, 0.3) is 6.08 Å². The number of nitrogens with one attached hydrogen (secondary N) is 2. The molecule has 0 spiro atoms. The lowest BCUT2D eigenvalue weighted by Crippen LogP contribution is -2.50. The van der Waals surface area contributed by atoms with Crippen LogP contribution in [0.5, 0.6) is 0 Å². The first kappa shape index (κ1) is 21.7. The first-order valence-corrected chi connectivity index (χ1v) is 10.9. The smallest absolute Gasteiger partial charge is 0.244 e. The molecular weight excluding hydrogens is 400 g/mol. The van der Waals surface area contributed by atoms with Crippen LogP contribution < -0.4 is 10.6 Å². The van der Waals surface area contributed by atoms with Gasteiger partial charge >= 0.3 is 0 Å². The monoisotopic (exact) mass is 426 g/mol. The Morgan fingerprint density at radius 1 is 1.20 bits per heavy atom. The highest BCUT2D eigenvalue weighted by molar-refractivity contribution is 7.13. The molecular formula is C22H26N4O3S. The number of amides is 3. The number of aryl methyl sites for hydroxylation is 1. The van der Waals surface area contributed by atoms with Gasteiger partial charge in [-0.25, -0.2) is 4.98 Å². The Balaban J connectivity index is 1.44. The summed E-state index contributed by atoms with van der Waals surface area (Å²) >= 11 is 1.41. The van der Waals surface area contributed by atoms with Gasteiger partial charge < -0.3 is 15.5 Å². The minimum absolute atomic E-state index is 0.0520. The summed E-state index contributed by atoms with van der Waals surface area (Å²) in [5, 5.41) is 8.06. The number of hydrogen-bond acceptors (Lipinski definition) is 5. The fourth-order valence-electron chi connectivity index (χ4n) is 3.31. The van der Waals surface area contributed by atoms with E-state index in [0.717, 1.165) is 11.3 Å². The average Bonchev–Trinajstić information content (AvgIpc) is 3.17. The maximum Gasteiger partial charge on any atom is 0.244 e. The number of likely N-dealkylation sites (tertiary alicyclic amines) is 1. The first-order chi connectivity index (χ1) is 14.4. The van der Waals surface area contributed by atoms with E-state index in [-0.39, 0.29) is 23.6 Å². The van der Waals surface area contributed by atoms with Gasteiger partial charge in [0.25, 0.3) is 0 Å². The number of hydrogen-bond donors (Lipinski definition) is 2. The Kier molecular flexibility index (Phi) is 7.35. The maximum atomic E-state index is 12.7. The number of benzene rings is 1. The zero-order valence-corrected chi connectivity index (χ0v) is 17.9. The zero-order chi connectivity index (χ0) is 21.5. The third-order valence-electron chi connectivity index (χ3n) is 4.98. The Bertz CT molecular complexity index is 917. The molecule has 2 aromatic rings. The quantitative estimate of drug-likeness (QED) is 0.695. The molecule has 1 atom stereocenters. The van der Waals surface area contributed by atoms with E-state index in [9.17, 15) is 14.4 Å². The van der Waals surface area contributed by atoms with Crippen LogP contribution in [0.15, 0.2) is 41.8 Å². The number of aromatic nitrogens is 1. The van der Waals surface area contributed by atoms with E-state index in [1.165, 1.54) is 17.4 Å². The number of carbonyl (C=O) groups excluding carboxylic acids is 3. The van der Waals surface area contributed by atoms with Crippen LogP contribution in [0.2, 0.25) is 0 Å². The van der Waals surface area contributed by atoms with Crippen molar-refractivity contribution in [3.8, 4) is 0 Å². The van der Waals surface area contributed by atoms with E-state index in [1.54, 1.807) is 17.9 Å². The molecule has 0 radical (unpaired) electrons. The number of thiazole rings is 1. The molecule has 1 saturated heterocycles. The molecule has 8 heteroatoms. The van der Waals surface area contributed by atoms with Crippen LogP contribution in [-0.4, -0.2) is 46.7 Å². The van der Waals surface area contributed by atoms with Gasteiger partial charge in [-0.2, -0.15) is 0 Å². The molecule has 7 nitrogen and oxygen atoms in total. The summed E-state index contributed by atoms with van der Waals surface area (Å²) in [5.74, 6) is -0.639. The molecule has 2 N–H and O–H groups in total. The molecule has 158 valence electrons. The maximum absolute atomic E-state index is 12.7. The largest absolute Gasteiger partial charge is 0.341 e. The fourth-order valence-corrected chi connectivity index (χ4v) is 4.01. The van der Waals surface area contributed by atoms with E-state index in [0.29, 0.717) is 31.1 Å². The van der Waals surface area contributed by atoms with Crippen molar-refractivity contribution in [3.05, 3.63) is 53.0 Å². The number of anilines is 1. The topological polar surface area (TPSA) is 91.4 Å². The molecule has 1 aliphatic rings. The van der Waals surface area contributed by atoms with E-state index in [2.05, 4.69) is 15.6 Å². The average molecular weight is 427 g/mol. The van der Waals surface area contributed by atoms with E-state index in [4.69, 9.17) is 0 Å². The third-order valence-corrected chi connectivity index (χ3v) is 5.86. The minimum Gasteiger partial charge on any atom is -0.341 e. The van der Waals surface area contributed by atoms with Gasteiger partial charge in [-0.3, -0.25) is 14.4 Å². The summed E-state index contributed by atoms with van der Waals surface area (Å²) in [5.41, 5.74) is 1.80. The molecule has 0 saturated carbocycles. The molecule has 1 fully saturated rings. The fraction of sp³-hybridized carbons (Fsp3) is 0.364. The van der Waals surface area contributed by atoms with Crippen LogP contribution in [-0.2, 0) is 14.4 Å². The summed E-state index contributed by atoms with van der Waals surface area (Å²) in [6.45, 7) is 4.55. The normalized spacial score (nSPS) is 15.7. The van der Waals surface area contributed by atoms with Crippen LogP contribution in [0.4, 0.5) is 5.13 Å². The Morgan fingerprint density at radius 2 is 1.90 bits per heavy atom. The lowest BCUT2D eigenvalue weighted by molar-refractivity contribution is -0.137. The first-order valence-electron chi connectivity index (χ1n) is 9.98. The molecule has 0 bridgehead atoms. The van der Waals surface area contributed by atoms with Crippen molar-refractivity contribution in [3.63, 3.8) is 0 Å². The van der Waals surface area contributed by atoms with Gasteiger partial charge in [-0.15, -0.1) is 11.3 Å². The van der Waals surface area contributed by atoms with Gasteiger partial charge in [-0.05, 0) is 38.3 Å². The zero-order valence-electron chi connectivity index (χ0n) is 17.1. The van der Waals surface area contributed by atoms with Crippen molar-refractivity contribution in [1.29, 1.82) is 0 Å². The summed E-state index contributed by atoms with van der Waals surface area (Å²) < 4.78 is 0. The van der Waals surface area contributed by atoms with Crippen LogP contribution in [0, 0.1) is 12.8 Å². The molecule has 30 heavy (non-hydrogen) atoms. The van der Waals surface area contributed by atoms with Crippen LogP contribution in [0.3, 0.4) is 0 Å². The van der Waals surface area contributed by atoms with Gasteiger partial charge in [0.15, 0.2) is 5.13 Å². The van der Waals surface area contributed by atoms with Crippen molar-refractivity contribution in [1.82, 2.24) is 15.2 Å². The predicted octanol–water partition coefficient (Wildman–Crippen LogP) is 2.85. The second kappa shape index (κ2) is 10.2. The predicted molar refractivity (Wildman–Crippen MR) is 118 cm³/mol. The molecule has 3 amide bonds. The highest BCUT2D eigenvalue weighted by Gasteiger charge is 2.30. The molecule has 3 rings (SSSR count). The van der Waals surface area contributed by atoms with Gasteiger partial charge in [0, 0.05) is 30.5 Å². The minimum atomic E-state index is -0.624. The van der Waals surface area contributed by atoms with Gasteiger partial charge in [0.2, 0.25) is 17.7 Å². The second-order valence-electron chi connectivity index (χ2n) is 7.36. The van der Waals surface area contributed by atoms with Gasteiger partial charge in [0.1, 0.15) is 6.04 Å². The highest BCUT2D eigenvalue weighted by Crippen LogP contribution is 2.21. The second-order valence-corrected chi connectivity index (χ2v) is 8.22. The van der Waals surface area contributed by atoms with Gasteiger partial charge in [0.05, 0.1) is 5.69 Å². The number of rotatable bonds is 6. The van der Waals surface area contributed by atoms with Gasteiger partial charge in [-0.1, -0.05) is 30.3 Å². The molecule has 1 unspecified atom stereocenters. The summed E-state index contributed by atoms with van der Waals surface area (Å²) in [7, 11) is 0. The SMILES string of the molecule is Cc1csc(NC(=O)C2CCN(C(=O)C(C)NC(=O)C=Cc3ccccc3)CC2)n1. The molecule has 1 aromatic heterocycles. The number of carbonyl (C=O) groups is 3. The summed E-state index contributed by atoms with van der Waals surface area (Å²) in [6.07, 6.45) is 4.32. The summed E-state index contributed by atoms with van der Waals surface area (Å²) in [6, 6.07) is 8.87. The molecule has 1 aromatic carbocycles. The standard InChI is InChI=1S/C22H26N4O3S/c1-15-14-30-22(23-15)25-20(28)18-10-12-26(13-11-18)21(29)16(2)24-19(27)9-8-17-6-4-3-5-7-17/h3-9,14,16,18H,10-13H2,1-2H3,(H,24,27)(H,23,25,28). The van der Waals surface area contributed by atoms with Crippen molar-refractivity contribution < 1.29 is 14.4 Å². The summed E-state index contributed by atoms with van der Waals surface area (Å²) in [4.78, 5) is 43.1. The van der Waals surface area contributed by atoms with Crippen LogP contribution in [0.1, 0.15) is 31.0 Å². The van der Waals surface area contributed by atoms with Crippen molar-refractivity contribution >= 4 is 40.3 Å². The van der Waals surface area contributed by atoms with Crippen LogP contribution >= 0.6 is 11.3 Å². The molecule has 2 heterocycles. The Morgan fingerprint density at radius 3 is 2.53 bits per heavy atom.